The van der Waals surface area contributed by atoms with Crippen molar-refractivity contribution in [1.29, 1.82) is 0 Å². The molecule has 1 aromatic heterocycles. The van der Waals surface area contributed by atoms with Crippen LogP contribution in [0.15, 0.2) is 16.6 Å². The van der Waals surface area contributed by atoms with Crippen molar-refractivity contribution in [3.63, 3.8) is 0 Å². The molecule has 0 fully saturated rings. The second kappa shape index (κ2) is 5.36. The maximum absolute atomic E-state index is 14.4. The number of benzene rings is 1. The van der Waals surface area contributed by atoms with Gasteiger partial charge in [-0.25, -0.2) is 9.18 Å². The summed E-state index contributed by atoms with van der Waals surface area (Å²) in [5, 5.41) is 15.0. The zero-order valence-corrected chi connectivity index (χ0v) is 12.2. The highest BCUT2D eigenvalue weighted by Crippen LogP contribution is 2.43. The van der Waals surface area contributed by atoms with Gasteiger partial charge in [0.1, 0.15) is 5.69 Å². The molecule has 0 radical (unpaired) electrons. The quantitative estimate of drug-likeness (QED) is 0.864. The van der Waals surface area contributed by atoms with E-state index in [2.05, 4.69) is 26.1 Å². The molecule has 3 rings (SSSR count). The highest BCUT2D eigenvalue weighted by Gasteiger charge is 2.23. The van der Waals surface area contributed by atoms with Crippen molar-refractivity contribution in [2.75, 3.05) is 13.2 Å². The number of fused-ring (bicyclic) bond motifs is 1. The first kappa shape index (κ1) is 13.9. The van der Waals surface area contributed by atoms with Crippen molar-refractivity contribution in [3.05, 3.63) is 28.1 Å². The molecule has 2 N–H and O–H groups in total. The second-order valence-corrected chi connectivity index (χ2v) is 5.19. The van der Waals surface area contributed by atoms with Crippen molar-refractivity contribution >= 4 is 21.9 Å². The Balaban J connectivity index is 2.12. The molecule has 1 aliphatic rings. The zero-order valence-electron chi connectivity index (χ0n) is 10.7. The maximum atomic E-state index is 14.4. The number of ether oxygens (including phenoxy) is 2. The van der Waals surface area contributed by atoms with Gasteiger partial charge in [0.2, 0.25) is 0 Å². The minimum absolute atomic E-state index is 0.118. The van der Waals surface area contributed by atoms with Crippen LogP contribution in [0.1, 0.15) is 16.9 Å². The van der Waals surface area contributed by atoms with Gasteiger partial charge in [-0.3, -0.25) is 5.10 Å². The van der Waals surface area contributed by atoms with Crippen LogP contribution in [0.25, 0.3) is 11.3 Å². The second-order valence-electron chi connectivity index (χ2n) is 4.40. The van der Waals surface area contributed by atoms with Crippen molar-refractivity contribution in [2.45, 2.75) is 6.42 Å². The Hall–Kier alpha value is -2.09. The predicted molar refractivity (Wildman–Crippen MR) is 74.2 cm³/mol. The summed E-state index contributed by atoms with van der Waals surface area (Å²) < 4.78 is 25.6. The van der Waals surface area contributed by atoms with Crippen LogP contribution in [0.4, 0.5) is 4.39 Å². The summed E-state index contributed by atoms with van der Waals surface area (Å²) in [6.07, 6.45) is 0.698. The Kier molecular flexibility index (Phi) is 3.54. The molecule has 0 saturated carbocycles. The third kappa shape index (κ3) is 2.46. The van der Waals surface area contributed by atoms with Crippen molar-refractivity contribution in [2.24, 2.45) is 0 Å². The van der Waals surface area contributed by atoms with E-state index in [1.54, 1.807) is 0 Å². The lowest BCUT2D eigenvalue weighted by Gasteiger charge is -2.12. The number of hydrogen-bond acceptors (Lipinski definition) is 4. The molecule has 6 nitrogen and oxygen atoms in total. The first-order valence-electron chi connectivity index (χ1n) is 6.14. The third-order valence-electron chi connectivity index (χ3n) is 3.00. The number of halogens is 2. The van der Waals surface area contributed by atoms with E-state index < -0.39 is 11.8 Å². The maximum Gasteiger partial charge on any atom is 0.353 e. The number of aromatic nitrogens is 2. The topological polar surface area (TPSA) is 84.4 Å². The molecule has 2 aromatic rings. The van der Waals surface area contributed by atoms with Crippen LogP contribution in [0.2, 0.25) is 0 Å². The number of hydrogen-bond donors (Lipinski definition) is 2. The van der Waals surface area contributed by atoms with E-state index in [-0.39, 0.29) is 21.4 Å². The molecule has 8 heteroatoms. The fourth-order valence-corrected chi connectivity index (χ4v) is 2.52. The summed E-state index contributed by atoms with van der Waals surface area (Å²) in [7, 11) is 0. The van der Waals surface area contributed by atoms with Gasteiger partial charge < -0.3 is 14.6 Å². The molecule has 21 heavy (non-hydrogen) atoms. The number of H-pyrrole nitrogens is 1. The van der Waals surface area contributed by atoms with Crippen LogP contribution in [0, 0.1) is 5.82 Å². The molecule has 0 unspecified atom stereocenters. The van der Waals surface area contributed by atoms with Gasteiger partial charge in [0.15, 0.2) is 17.3 Å². The Morgan fingerprint density at radius 1 is 1.38 bits per heavy atom. The van der Waals surface area contributed by atoms with Gasteiger partial charge in [-0.1, -0.05) is 0 Å². The molecular weight excluding hydrogens is 347 g/mol. The molecule has 0 spiro atoms. The Labute approximate surface area is 127 Å². The predicted octanol–water partition coefficient (Wildman–Crippen LogP) is 2.84. The summed E-state index contributed by atoms with van der Waals surface area (Å²) in [6, 6.07) is 2.72. The first-order chi connectivity index (χ1) is 10.1. The largest absolute Gasteiger partial charge is 0.489 e. The fraction of sp³-hybridized carbons (Fsp3) is 0.231. The molecule has 0 bridgehead atoms. The van der Waals surface area contributed by atoms with Crippen molar-refractivity contribution in [1.82, 2.24) is 10.2 Å². The highest BCUT2D eigenvalue weighted by molar-refractivity contribution is 9.10. The average Bonchev–Trinajstić information content (AvgIpc) is 2.83. The number of aromatic amines is 1. The number of rotatable bonds is 2. The van der Waals surface area contributed by atoms with E-state index in [9.17, 15) is 9.18 Å². The number of nitrogens with one attached hydrogen (secondary N) is 1. The number of nitrogens with zero attached hydrogens (tertiary/aromatic N) is 1. The van der Waals surface area contributed by atoms with Crippen LogP contribution in [-0.4, -0.2) is 34.5 Å². The van der Waals surface area contributed by atoms with E-state index >= 15 is 0 Å². The molecule has 0 amide bonds. The van der Waals surface area contributed by atoms with Gasteiger partial charge in [0.05, 0.1) is 23.4 Å². The van der Waals surface area contributed by atoms with Gasteiger partial charge in [-0.2, -0.15) is 5.10 Å². The molecule has 1 aliphatic heterocycles. The van der Waals surface area contributed by atoms with E-state index in [1.165, 1.54) is 12.1 Å². The van der Waals surface area contributed by atoms with Crippen LogP contribution in [0.5, 0.6) is 11.5 Å². The average molecular weight is 357 g/mol. The van der Waals surface area contributed by atoms with Gasteiger partial charge >= 0.3 is 5.97 Å². The van der Waals surface area contributed by atoms with Gasteiger partial charge in [-0.15, -0.1) is 0 Å². The molecular formula is C13H10BrFN2O4. The van der Waals surface area contributed by atoms with Crippen LogP contribution < -0.4 is 9.47 Å². The standard InChI is InChI=1S/C13H10BrFN2O4/c14-10-11(15)6(7-5-8(13(18)19)17-16-7)4-9-12(10)21-3-1-2-20-9/h4-5H,1-3H2,(H,16,17)(H,18,19). The van der Waals surface area contributed by atoms with Crippen molar-refractivity contribution in [3.8, 4) is 22.8 Å². The first-order valence-corrected chi connectivity index (χ1v) is 6.94. The molecule has 0 atom stereocenters. The number of carboxylic acid groups (broad SMARTS) is 1. The molecule has 2 heterocycles. The summed E-state index contributed by atoms with van der Waals surface area (Å²) in [4.78, 5) is 10.9. The number of aromatic carboxylic acids is 1. The molecule has 110 valence electrons. The minimum atomic E-state index is -1.16. The summed E-state index contributed by atoms with van der Waals surface area (Å²) in [5.74, 6) is -1.04. The van der Waals surface area contributed by atoms with Crippen molar-refractivity contribution < 1.29 is 23.8 Å². The lowest BCUT2D eigenvalue weighted by Crippen LogP contribution is -1.97. The van der Waals surface area contributed by atoms with Gasteiger partial charge in [0, 0.05) is 12.0 Å². The molecule has 0 saturated heterocycles. The lowest BCUT2D eigenvalue weighted by molar-refractivity contribution is 0.0690. The van der Waals surface area contributed by atoms with E-state index in [0.29, 0.717) is 31.1 Å². The number of carboxylic acids is 1. The third-order valence-corrected chi connectivity index (χ3v) is 3.71. The van der Waals surface area contributed by atoms with Gasteiger partial charge in [0.25, 0.3) is 0 Å². The van der Waals surface area contributed by atoms with Crippen LogP contribution in [0.3, 0.4) is 0 Å². The SMILES string of the molecule is O=C(O)c1cc(-c2cc3c(c(Br)c2F)OCCCO3)n[nH]1. The van der Waals surface area contributed by atoms with Crippen LogP contribution in [-0.2, 0) is 0 Å². The Morgan fingerprint density at radius 2 is 2.14 bits per heavy atom. The number of carbonyl (C=O) groups is 1. The van der Waals surface area contributed by atoms with Gasteiger partial charge in [-0.05, 0) is 28.1 Å². The minimum Gasteiger partial charge on any atom is -0.489 e. The van der Waals surface area contributed by atoms with E-state index in [4.69, 9.17) is 14.6 Å². The zero-order chi connectivity index (χ0) is 15.0. The summed E-state index contributed by atoms with van der Waals surface area (Å²) in [5.41, 5.74) is 0.198. The normalized spacial score (nSPS) is 13.8. The Bertz CT molecular complexity index is 716. The summed E-state index contributed by atoms with van der Waals surface area (Å²) in [6.45, 7) is 0.904. The Morgan fingerprint density at radius 3 is 2.86 bits per heavy atom. The molecule has 0 aliphatic carbocycles. The molecule has 1 aromatic carbocycles. The van der Waals surface area contributed by atoms with E-state index in [0.717, 1.165) is 0 Å². The summed E-state index contributed by atoms with van der Waals surface area (Å²) >= 11 is 3.15. The smallest absolute Gasteiger partial charge is 0.353 e. The monoisotopic (exact) mass is 356 g/mol. The fourth-order valence-electron chi connectivity index (χ4n) is 2.00. The van der Waals surface area contributed by atoms with E-state index in [1.807, 2.05) is 0 Å². The lowest BCUT2D eigenvalue weighted by atomic mass is 10.1. The van der Waals surface area contributed by atoms with Crippen LogP contribution >= 0.6 is 15.9 Å². The highest BCUT2D eigenvalue weighted by atomic mass is 79.9.